The van der Waals surface area contributed by atoms with Crippen LogP contribution in [0, 0.1) is 0 Å². The maximum absolute atomic E-state index is 5.47. The standard InChI is InChI=1S/C13H29NO3/c1-7-16-12(17-8-2)10-14-11(3)9-13(4,5)15-6/h11-12,14H,7-10H2,1-6H3. The fourth-order valence-electron chi connectivity index (χ4n) is 1.73. The van der Waals surface area contributed by atoms with E-state index in [0.717, 1.165) is 6.42 Å². The molecule has 104 valence electrons. The van der Waals surface area contributed by atoms with Crippen LogP contribution in [0.4, 0.5) is 0 Å². The number of hydrogen-bond acceptors (Lipinski definition) is 4. The van der Waals surface area contributed by atoms with E-state index in [1.807, 2.05) is 13.8 Å². The molecule has 0 heterocycles. The summed E-state index contributed by atoms with van der Waals surface area (Å²) in [5.74, 6) is 0. The summed E-state index contributed by atoms with van der Waals surface area (Å²) < 4.78 is 16.4. The van der Waals surface area contributed by atoms with E-state index in [1.54, 1.807) is 7.11 Å². The van der Waals surface area contributed by atoms with Crippen molar-refractivity contribution < 1.29 is 14.2 Å². The molecular formula is C13H29NO3. The molecule has 0 radical (unpaired) electrons. The van der Waals surface area contributed by atoms with Crippen LogP contribution < -0.4 is 5.32 Å². The van der Waals surface area contributed by atoms with Crippen LogP contribution in [-0.4, -0.2) is 44.8 Å². The molecule has 0 fully saturated rings. The van der Waals surface area contributed by atoms with Crippen LogP contribution in [0.25, 0.3) is 0 Å². The topological polar surface area (TPSA) is 39.7 Å². The van der Waals surface area contributed by atoms with Gasteiger partial charge in [0.1, 0.15) is 0 Å². The van der Waals surface area contributed by atoms with Crippen molar-refractivity contribution >= 4 is 0 Å². The van der Waals surface area contributed by atoms with Gasteiger partial charge in [-0.3, -0.25) is 0 Å². The van der Waals surface area contributed by atoms with Crippen molar-refractivity contribution in [1.82, 2.24) is 5.32 Å². The summed E-state index contributed by atoms with van der Waals surface area (Å²) >= 11 is 0. The zero-order valence-corrected chi connectivity index (χ0v) is 12.2. The van der Waals surface area contributed by atoms with Gasteiger partial charge >= 0.3 is 0 Å². The fourth-order valence-corrected chi connectivity index (χ4v) is 1.73. The molecule has 0 rings (SSSR count). The minimum Gasteiger partial charge on any atom is -0.379 e. The summed E-state index contributed by atoms with van der Waals surface area (Å²) in [5, 5.41) is 3.41. The van der Waals surface area contributed by atoms with E-state index in [1.165, 1.54) is 0 Å². The molecule has 0 aliphatic carbocycles. The molecule has 0 aliphatic heterocycles. The van der Waals surface area contributed by atoms with E-state index in [4.69, 9.17) is 14.2 Å². The first kappa shape index (κ1) is 16.8. The lowest BCUT2D eigenvalue weighted by Crippen LogP contribution is -2.40. The summed E-state index contributed by atoms with van der Waals surface area (Å²) in [6, 6.07) is 0.369. The smallest absolute Gasteiger partial charge is 0.169 e. The summed E-state index contributed by atoms with van der Waals surface area (Å²) in [4.78, 5) is 0. The van der Waals surface area contributed by atoms with E-state index in [-0.39, 0.29) is 11.9 Å². The van der Waals surface area contributed by atoms with Gasteiger partial charge in [0, 0.05) is 32.9 Å². The van der Waals surface area contributed by atoms with Crippen LogP contribution in [0.15, 0.2) is 0 Å². The monoisotopic (exact) mass is 247 g/mol. The van der Waals surface area contributed by atoms with Gasteiger partial charge in [0.05, 0.1) is 5.60 Å². The van der Waals surface area contributed by atoms with Gasteiger partial charge in [-0.1, -0.05) is 0 Å². The normalized spacial score (nSPS) is 14.3. The van der Waals surface area contributed by atoms with E-state index in [2.05, 4.69) is 26.1 Å². The molecular weight excluding hydrogens is 218 g/mol. The van der Waals surface area contributed by atoms with Gasteiger partial charge in [-0.25, -0.2) is 0 Å². The molecule has 0 aromatic rings. The van der Waals surface area contributed by atoms with E-state index in [9.17, 15) is 0 Å². The van der Waals surface area contributed by atoms with Crippen LogP contribution in [0.1, 0.15) is 41.0 Å². The van der Waals surface area contributed by atoms with Crippen LogP contribution in [0.5, 0.6) is 0 Å². The Bertz CT molecular complexity index is 180. The van der Waals surface area contributed by atoms with Crippen molar-refractivity contribution in [3.05, 3.63) is 0 Å². The molecule has 0 aromatic heterocycles. The third-order valence-corrected chi connectivity index (χ3v) is 2.69. The molecule has 0 aromatic carbocycles. The molecule has 0 amide bonds. The lowest BCUT2D eigenvalue weighted by molar-refractivity contribution is -0.134. The zero-order valence-electron chi connectivity index (χ0n) is 12.2. The molecule has 0 aliphatic rings. The van der Waals surface area contributed by atoms with Crippen molar-refractivity contribution in [2.45, 2.75) is 59.0 Å². The van der Waals surface area contributed by atoms with Crippen LogP contribution in [0.2, 0.25) is 0 Å². The molecule has 4 heteroatoms. The van der Waals surface area contributed by atoms with Gasteiger partial charge in [-0.2, -0.15) is 0 Å². The van der Waals surface area contributed by atoms with Gasteiger partial charge in [0.25, 0.3) is 0 Å². The maximum Gasteiger partial charge on any atom is 0.169 e. The van der Waals surface area contributed by atoms with Gasteiger partial charge in [0.15, 0.2) is 6.29 Å². The predicted molar refractivity (Wildman–Crippen MR) is 70.2 cm³/mol. The second-order valence-electron chi connectivity index (χ2n) is 4.82. The summed E-state index contributed by atoms with van der Waals surface area (Å²) in [6.07, 6.45) is 0.798. The van der Waals surface area contributed by atoms with Gasteiger partial charge < -0.3 is 19.5 Å². The quantitative estimate of drug-likeness (QED) is 0.601. The summed E-state index contributed by atoms with van der Waals surface area (Å²) in [6.45, 7) is 12.3. The Kier molecular flexibility index (Phi) is 8.78. The van der Waals surface area contributed by atoms with Crippen molar-refractivity contribution in [1.29, 1.82) is 0 Å². The number of ether oxygens (including phenoxy) is 3. The van der Waals surface area contributed by atoms with Crippen LogP contribution in [0.3, 0.4) is 0 Å². The van der Waals surface area contributed by atoms with Crippen molar-refractivity contribution in [2.24, 2.45) is 0 Å². The number of methoxy groups -OCH3 is 1. The minimum absolute atomic E-state index is 0.0981. The van der Waals surface area contributed by atoms with Crippen LogP contribution in [-0.2, 0) is 14.2 Å². The molecule has 0 saturated carbocycles. The second kappa shape index (κ2) is 8.86. The molecule has 4 nitrogen and oxygen atoms in total. The largest absolute Gasteiger partial charge is 0.379 e. The lowest BCUT2D eigenvalue weighted by Gasteiger charge is -2.28. The Morgan fingerprint density at radius 3 is 2.06 bits per heavy atom. The van der Waals surface area contributed by atoms with Gasteiger partial charge in [-0.05, 0) is 41.0 Å². The Morgan fingerprint density at radius 2 is 1.65 bits per heavy atom. The Labute approximate surface area is 106 Å². The predicted octanol–water partition coefficient (Wildman–Crippen LogP) is 2.18. The number of rotatable bonds is 10. The highest BCUT2D eigenvalue weighted by molar-refractivity contribution is 4.75. The average Bonchev–Trinajstić information content (AvgIpc) is 2.26. The molecule has 0 spiro atoms. The zero-order chi connectivity index (χ0) is 13.3. The second-order valence-corrected chi connectivity index (χ2v) is 4.82. The fraction of sp³-hybridized carbons (Fsp3) is 1.00. The van der Waals surface area contributed by atoms with E-state index >= 15 is 0 Å². The van der Waals surface area contributed by atoms with Crippen molar-refractivity contribution in [3.8, 4) is 0 Å². The highest BCUT2D eigenvalue weighted by atomic mass is 16.7. The summed E-state index contributed by atoms with van der Waals surface area (Å²) in [5.41, 5.74) is -0.0981. The maximum atomic E-state index is 5.47. The SMILES string of the molecule is CCOC(CNC(C)CC(C)(C)OC)OCC. The van der Waals surface area contributed by atoms with E-state index in [0.29, 0.717) is 25.8 Å². The first-order valence-electron chi connectivity index (χ1n) is 6.46. The van der Waals surface area contributed by atoms with Gasteiger partial charge in [0.2, 0.25) is 0 Å². The summed E-state index contributed by atoms with van der Waals surface area (Å²) in [7, 11) is 1.75. The number of hydrogen-bond donors (Lipinski definition) is 1. The van der Waals surface area contributed by atoms with Crippen molar-refractivity contribution in [2.75, 3.05) is 26.9 Å². The molecule has 1 atom stereocenters. The van der Waals surface area contributed by atoms with E-state index < -0.39 is 0 Å². The first-order valence-corrected chi connectivity index (χ1v) is 6.46. The molecule has 0 bridgehead atoms. The molecule has 17 heavy (non-hydrogen) atoms. The number of nitrogens with one attached hydrogen (secondary N) is 1. The Morgan fingerprint density at radius 1 is 1.12 bits per heavy atom. The highest BCUT2D eigenvalue weighted by Crippen LogP contribution is 2.15. The van der Waals surface area contributed by atoms with Crippen LogP contribution >= 0.6 is 0 Å². The first-order chi connectivity index (χ1) is 7.95. The highest BCUT2D eigenvalue weighted by Gasteiger charge is 2.20. The van der Waals surface area contributed by atoms with Crippen molar-refractivity contribution in [3.63, 3.8) is 0 Å². The third kappa shape index (κ3) is 8.55. The van der Waals surface area contributed by atoms with Gasteiger partial charge in [-0.15, -0.1) is 0 Å². The lowest BCUT2D eigenvalue weighted by atomic mass is 10.00. The molecule has 0 saturated heterocycles. The average molecular weight is 247 g/mol. The third-order valence-electron chi connectivity index (χ3n) is 2.69. The Balaban J connectivity index is 3.90. The molecule has 1 unspecified atom stereocenters. The Hall–Kier alpha value is -0.160. The molecule has 1 N–H and O–H groups in total. The minimum atomic E-state index is -0.155.